The van der Waals surface area contributed by atoms with Gasteiger partial charge in [0.15, 0.2) is 0 Å². The number of carbonyl (C=O) groups is 1. The van der Waals surface area contributed by atoms with Gasteiger partial charge in [0.05, 0.1) is 18.0 Å². The van der Waals surface area contributed by atoms with E-state index in [9.17, 15) is 18.3 Å². The number of aliphatic hydroxyl groups excluding tert-OH is 1. The van der Waals surface area contributed by atoms with E-state index in [1.165, 1.54) is 0 Å². The van der Waals surface area contributed by atoms with Crippen LogP contribution in [0.1, 0.15) is 48.3 Å². The Morgan fingerprint density at radius 2 is 1.76 bits per heavy atom. The molecule has 2 N–H and O–H groups in total. The number of sulfonamides is 1. The highest BCUT2D eigenvalue weighted by Gasteiger charge is 2.45. The molecule has 0 spiro atoms. The quantitative estimate of drug-likeness (QED) is 0.439. The Kier molecular flexibility index (Phi) is 8.00. The van der Waals surface area contributed by atoms with E-state index < -0.39 is 27.8 Å². The van der Waals surface area contributed by atoms with Crippen molar-refractivity contribution in [3.05, 3.63) is 83.4 Å². The molecule has 41 heavy (non-hydrogen) atoms. The largest absolute Gasteiger partial charge is 0.497 e. The Balaban J connectivity index is 1.37. The summed E-state index contributed by atoms with van der Waals surface area (Å²) < 4.78 is 40.8. The van der Waals surface area contributed by atoms with Gasteiger partial charge in [0.1, 0.15) is 23.2 Å². The fourth-order valence-corrected chi connectivity index (χ4v) is 6.58. The van der Waals surface area contributed by atoms with Crippen molar-refractivity contribution in [2.45, 2.75) is 49.8 Å². The Morgan fingerprint density at radius 3 is 2.41 bits per heavy atom. The number of ether oxygens (including phenoxy) is 2. The molecule has 10 heteroatoms. The molecule has 2 heterocycles. The van der Waals surface area contributed by atoms with Gasteiger partial charge < -0.3 is 24.4 Å². The van der Waals surface area contributed by atoms with Crippen LogP contribution in [-0.2, 0) is 16.4 Å². The van der Waals surface area contributed by atoms with Gasteiger partial charge in [0, 0.05) is 49.1 Å². The highest BCUT2D eigenvalue weighted by Crippen LogP contribution is 2.41. The van der Waals surface area contributed by atoms with Gasteiger partial charge in [-0.3, -0.25) is 4.79 Å². The molecule has 2 aliphatic heterocycles. The molecule has 2 aliphatic rings. The van der Waals surface area contributed by atoms with E-state index >= 15 is 0 Å². The maximum atomic E-state index is 13.6. The number of benzene rings is 3. The summed E-state index contributed by atoms with van der Waals surface area (Å²) in [7, 11) is -2.34. The van der Waals surface area contributed by atoms with Crippen LogP contribution >= 0.6 is 0 Å². The van der Waals surface area contributed by atoms with Crippen molar-refractivity contribution in [3.63, 3.8) is 0 Å². The number of hydrogen-bond acceptors (Lipinski definition) is 7. The van der Waals surface area contributed by atoms with Gasteiger partial charge in [-0.05, 0) is 68.3 Å². The van der Waals surface area contributed by atoms with Gasteiger partial charge in [-0.15, -0.1) is 0 Å². The minimum absolute atomic E-state index is 0.105. The number of amides is 1. The highest BCUT2D eigenvalue weighted by molar-refractivity contribution is 7.89. The minimum atomic E-state index is -3.98. The van der Waals surface area contributed by atoms with E-state index in [1.54, 1.807) is 68.3 Å². The number of hydrogen-bond donors (Lipinski definition) is 2. The molecule has 1 saturated heterocycles. The second-order valence-corrected chi connectivity index (χ2v) is 12.7. The minimum Gasteiger partial charge on any atom is -0.497 e. The summed E-state index contributed by atoms with van der Waals surface area (Å²) >= 11 is 0. The predicted molar refractivity (Wildman–Crippen MR) is 157 cm³/mol. The Labute approximate surface area is 241 Å². The van der Waals surface area contributed by atoms with E-state index in [1.807, 2.05) is 31.2 Å². The molecule has 0 aliphatic carbocycles. The fourth-order valence-electron chi connectivity index (χ4n) is 5.36. The first-order chi connectivity index (χ1) is 19.5. The van der Waals surface area contributed by atoms with Crippen molar-refractivity contribution in [1.82, 2.24) is 9.62 Å². The van der Waals surface area contributed by atoms with Gasteiger partial charge in [-0.2, -0.15) is 0 Å². The first-order valence-corrected chi connectivity index (χ1v) is 15.3. The highest BCUT2D eigenvalue weighted by atomic mass is 32.2. The maximum Gasteiger partial charge on any atom is 0.253 e. The Morgan fingerprint density at radius 1 is 1.05 bits per heavy atom. The monoisotopic (exact) mass is 579 g/mol. The number of carbonyl (C=O) groups excluding carboxylic acids is 1. The van der Waals surface area contributed by atoms with Crippen molar-refractivity contribution < 1.29 is 27.8 Å². The van der Waals surface area contributed by atoms with Crippen LogP contribution in [0.4, 0.5) is 5.69 Å². The van der Waals surface area contributed by atoms with Crippen LogP contribution in [0.2, 0.25) is 0 Å². The van der Waals surface area contributed by atoms with E-state index in [0.29, 0.717) is 43.1 Å². The van der Waals surface area contributed by atoms with Crippen LogP contribution < -0.4 is 19.1 Å². The molecule has 0 radical (unpaired) electrons. The lowest BCUT2D eigenvalue weighted by molar-refractivity contribution is -0.0603. The maximum absolute atomic E-state index is 13.6. The average Bonchev–Trinajstić information content (AvgIpc) is 2.99. The Bertz CT molecular complexity index is 1520. The predicted octanol–water partition coefficient (Wildman–Crippen LogP) is 3.77. The second-order valence-electron chi connectivity index (χ2n) is 11.0. The van der Waals surface area contributed by atoms with Crippen LogP contribution in [0, 0.1) is 0 Å². The van der Waals surface area contributed by atoms with Gasteiger partial charge >= 0.3 is 0 Å². The third-order valence-electron chi connectivity index (χ3n) is 7.90. The van der Waals surface area contributed by atoms with Crippen LogP contribution in [0.25, 0.3) is 0 Å². The number of nitrogens with one attached hydrogen (secondary N) is 1. The standard InChI is InChI=1S/C31H37N3O6S/c1-5-21-9-12-25(13-10-21)41(37,38)32-28-26-19-22(11-14-27(26)40-31(2,3)29(28)35)30(36)34-17-15-33(16-18-34)23-7-6-8-24(20-23)39-4/h6-14,19-20,28-29,32,35H,5,15-18H2,1-4H3/t28-,29+/m1/s1. The zero-order chi connectivity index (χ0) is 29.4. The van der Waals surface area contributed by atoms with E-state index in [0.717, 1.165) is 23.4 Å². The summed E-state index contributed by atoms with van der Waals surface area (Å²) in [5.74, 6) is 1.05. The van der Waals surface area contributed by atoms with Crippen LogP contribution in [0.5, 0.6) is 11.5 Å². The number of anilines is 1. The van der Waals surface area contributed by atoms with Crippen LogP contribution in [0.3, 0.4) is 0 Å². The normalized spacial score (nSPS) is 20.2. The number of nitrogens with zero attached hydrogens (tertiary/aromatic N) is 2. The lowest BCUT2D eigenvalue weighted by Gasteiger charge is -2.42. The van der Waals surface area contributed by atoms with Crippen molar-refractivity contribution in [2.75, 3.05) is 38.2 Å². The molecule has 0 saturated carbocycles. The van der Waals surface area contributed by atoms with Crippen molar-refractivity contribution in [3.8, 4) is 11.5 Å². The fraction of sp³-hybridized carbons (Fsp3) is 0.387. The van der Waals surface area contributed by atoms with Crippen LogP contribution in [-0.4, -0.2) is 69.3 Å². The number of aryl methyl sites for hydroxylation is 1. The van der Waals surface area contributed by atoms with E-state index in [4.69, 9.17) is 9.47 Å². The zero-order valence-corrected chi connectivity index (χ0v) is 24.6. The molecule has 3 aromatic rings. The smallest absolute Gasteiger partial charge is 0.253 e. The van der Waals surface area contributed by atoms with Gasteiger partial charge in [-0.1, -0.05) is 25.1 Å². The molecule has 1 fully saturated rings. The van der Waals surface area contributed by atoms with E-state index in [-0.39, 0.29) is 10.8 Å². The number of rotatable bonds is 7. The molecule has 0 aromatic heterocycles. The molecular weight excluding hydrogens is 542 g/mol. The zero-order valence-electron chi connectivity index (χ0n) is 23.8. The molecule has 1 amide bonds. The van der Waals surface area contributed by atoms with Crippen molar-refractivity contribution >= 4 is 21.6 Å². The molecular formula is C31H37N3O6S. The third-order valence-corrected chi connectivity index (χ3v) is 9.36. The van der Waals surface area contributed by atoms with E-state index in [2.05, 4.69) is 9.62 Å². The molecule has 3 aromatic carbocycles. The average molecular weight is 580 g/mol. The first-order valence-electron chi connectivity index (χ1n) is 13.8. The SMILES string of the molecule is CCc1ccc(S(=O)(=O)N[C@@H]2c3cc(C(=O)N4CCN(c5cccc(OC)c5)CC4)ccc3OC(C)(C)[C@H]2O)cc1. The summed E-state index contributed by atoms with van der Waals surface area (Å²) in [4.78, 5) is 17.7. The third kappa shape index (κ3) is 5.91. The summed E-state index contributed by atoms with van der Waals surface area (Å²) in [5.41, 5.74) is 1.83. The number of methoxy groups -OCH3 is 1. The first kappa shape index (κ1) is 28.9. The molecule has 0 bridgehead atoms. The topological polar surface area (TPSA) is 108 Å². The molecule has 2 atom stereocenters. The lowest BCUT2D eigenvalue weighted by Crippen LogP contribution is -2.53. The van der Waals surface area contributed by atoms with Gasteiger partial charge in [0.2, 0.25) is 10.0 Å². The second kappa shape index (κ2) is 11.3. The van der Waals surface area contributed by atoms with Gasteiger partial charge in [-0.25, -0.2) is 13.1 Å². The van der Waals surface area contributed by atoms with Crippen LogP contribution in [0.15, 0.2) is 71.6 Å². The summed E-state index contributed by atoms with van der Waals surface area (Å²) in [6, 6.07) is 18.5. The molecule has 5 rings (SSSR count). The summed E-state index contributed by atoms with van der Waals surface area (Å²) in [6.07, 6.45) is -0.405. The summed E-state index contributed by atoms with van der Waals surface area (Å²) in [6.45, 7) is 7.81. The Hall–Kier alpha value is -3.60. The molecule has 0 unspecified atom stereocenters. The van der Waals surface area contributed by atoms with Gasteiger partial charge in [0.25, 0.3) is 5.91 Å². The van der Waals surface area contributed by atoms with Crippen molar-refractivity contribution in [1.29, 1.82) is 0 Å². The van der Waals surface area contributed by atoms with Crippen molar-refractivity contribution in [2.24, 2.45) is 0 Å². The molecule has 218 valence electrons. The number of piperazine rings is 1. The number of aliphatic hydroxyl groups is 1. The molecule has 9 nitrogen and oxygen atoms in total. The lowest BCUT2D eigenvalue weighted by atomic mass is 9.86. The number of fused-ring (bicyclic) bond motifs is 1. The summed E-state index contributed by atoms with van der Waals surface area (Å²) in [5, 5.41) is 11.2.